The zero-order chi connectivity index (χ0) is 21.8. The summed E-state index contributed by atoms with van der Waals surface area (Å²) in [6.45, 7) is 5.49. The molecule has 1 heterocycles. The van der Waals surface area contributed by atoms with Crippen LogP contribution in [0.2, 0.25) is 0 Å². The Balaban J connectivity index is 1.44. The fraction of sp³-hybridized carbons (Fsp3) is 0.545. The number of likely N-dealkylation sites (tertiary alicyclic amines) is 1. The number of carbonyl (C=O) groups is 4. The number of hydrogen-bond donors (Lipinski definition) is 2. The molecular weight excluding hydrogens is 386 g/mol. The summed E-state index contributed by atoms with van der Waals surface area (Å²) in [7, 11) is 0. The topological polar surface area (TPSA) is 105 Å². The molecule has 0 spiro atoms. The Morgan fingerprint density at radius 1 is 1.10 bits per heavy atom. The van der Waals surface area contributed by atoms with Gasteiger partial charge in [-0.05, 0) is 50.8 Å². The molecule has 0 aromatic heterocycles. The van der Waals surface area contributed by atoms with Crippen LogP contribution in [0.5, 0.6) is 5.75 Å². The summed E-state index contributed by atoms with van der Waals surface area (Å²) in [6, 6.07) is 5.59. The first-order valence-electron chi connectivity index (χ1n) is 10.5. The number of aryl methyl sites for hydroxylation is 1. The van der Waals surface area contributed by atoms with Gasteiger partial charge in [0, 0.05) is 13.0 Å². The van der Waals surface area contributed by atoms with Crippen molar-refractivity contribution in [2.75, 3.05) is 6.54 Å². The van der Waals surface area contributed by atoms with Crippen molar-refractivity contribution >= 4 is 23.6 Å². The molecule has 1 aliphatic heterocycles. The molecule has 4 amide bonds. The fourth-order valence-electron chi connectivity index (χ4n) is 4.06. The number of fused-ring (bicyclic) bond motifs is 1. The Morgan fingerprint density at radius 3 is 2.37 bits per heavy atom. The zero-order valence-electron chi connectivity index (χ0n) is 17.7. The third kappa shape index (κ3) is 4.63. The lowest BCUT2D eigenvalue weighted by atomic mass is 9.81. The highest BCUT2D eigenvalue weighted by Crippen LogP contribution is 2.37. The van der Waals surface area contributed by atoms with E-state index in [2.05, 4.69) is 10.9 Å². The quantitative estimate of drug-likeness (QED) is 0.544. The molecule has 1 aliphatic carbocycles. The summed E-state index contributed by atoms with van der Waals surface area (Å²) in [6.07, 6.45) is 2.53. The number of hydrazine groups is 1. The molecule has 3 atom stereocenters. The van der Waals surface area contributed by atoms with E-state index < -0.39 is 17.9 Å². The SMILES string of the molecule is Cc1cccc(O[C@@H](C)C(=O)NNC(=O)CCN2C(=O)[C@H]3CCCC[C@@H]3C2=O)c1C. The average Bonchev–Trinajstić information content (AvgIpc) is 2.98. The minimum Gasteiger partial charge on any atom is -0.481 e. The highest BCUT2D eigenvalue weighted by Gasteiger charge is 2.47. The second kappa shape index (κ2) is 9.28. The zero-order valence-corrected chi connectivity index (χ0v) is 17.7. The summed E-state index contributed by atoms with van der Waals surface area (Å²) in [5.74, 6) is -1.15. The largest absolute Gasteiger partial charge is 0.481 e. The molecule has 0 radical (unpaired) electrons. The van der Waals surface area contributed by atoms with E-state index in [1.165, 1.54) is 4.90 Å². The van der Waals surface area contributed by atoms with Gasteiger partial charge in [-0.1, -0.05) is 25.0 Å². The van der Waals surface area contributed by atoms with E-state index in [4.69, 9.17) is 4.74 Å². The lowest BCUT2D eigenvalue weighted by molar-refractivity contribution is -0.140. The standard InChI is InChI=1S/C22H29N3O5/c1-13-7-6-10-18(14(13)2)30-15(3)20(27)24-23-19(26)11-12-25-21(28)16-8-4-5-9-17(16)22(25)29/h6-7,10,15-17H,4-5,8-9,11-12H2,1-3H3,(H,23,26)(H,24,27)/t15-,16-,17-/m0/s1. The highest BCUT2D eigenvalue weighted by atomic mass is 16.5. The number of nitrogens with zero attached hydrogens (tertiary/aromatic N) is 1. The lowest BCUT2D eigenvalue weighted by Crippen LogP contribution is -2.48. The maximum absolute atomic E-state index is 12.4. The van der Waals surface area contributed by atoms with Gasteiger partial charge in [-0.15, -0.1) is 0 Å². The van der Waals surface area contributed by atoms with E-state index in [9.17, 15) is 19.2 Å². The van der Waals surface area contributed by atoms with Gasteiger partial charge < -0.3 is 4.74 Å². The number of imide groups is 1. The van der Waals surface area contributed by atoms with Crippen LogP contribution in [0.1, 0.15) is 50.2 Å². The second-order valence-corrected chi connectivity index (χ2v) is 8.07. The predicted octanol–water partition coefficient (Wildman–Crippen LogP) is 1.78. The van der Waals surface area contributed by atoms with Crippen LogP contribution in [0.3, 0.4) is 0 Å². The second-order valence-electron chi connectivity index (χ2n) is 8.07. The van der Waals surface area contributed by atoms with Crippen molar-refractivity contribution < 1.29 is 23.9 Å². The van der Waals surface area contributed by atoms with Gasteiger partial charge in [-0.2, -0.15) is 0 Å². The maximum atomic E-state index is 12.4. The average molecular weight is 415 g/mol. The number of ether oxygens (including phenoxy) is 1. The molecule has 30 heavy (non-hydrogen) atoms. The summed E-state index contributed by atoms with van der Waals surface area (Å²) in [5.41, 5.74) is 6.66. The van der Waals surface area contributed by atoms with Crippen molar-refractivity contribution in [1.82, 2.24) is 15.8 Å². The number of hydrogen-bond acceptors (Lipinski definition) is 5. The monoisotopic (exact) mass is 415 g/mol. The maximum Gasteiger partial charge on any atom is 0.279 e. The van der Waals surface area contributed by atoms with Crippen molar-refractivity contribution in [1.29, 1.82) is 0 Å². The van der Waals surface area contributed by atoms with Gasteiger partial charge in [0.2, 0.25) is 17.7 Å². The van der Waals surface area contributed by atoms with Crippen LogP contribution in [0.15, 0.2) is 18.2 Å². The number of amides is 4. The number of rotatable bonds is 6. The first-order chi connectivity index (χ1) is 14.3. The van der Waals surface area contributed by atoms with Gasteiger partial charge in [0.15, 0.2) is 6.10 Å². The van der Waals surface area contributed by atoms with Crippen LogP contribution in [0, 0.1) is 25.7 Å². The van der Waals surface area contributed by atoms with Gasteiger partial charge in [0.25, 0.3) is 5.91 Å². The predicted molar refractivity (Wildman–Crippen MR) is 109 cm³/mol. The molecule has 8 heteroatoms. The summed E-state index contributed by atoms with van der Waals surface area (Å²) < 4.78 is 5.68. The summed E-state index contributed by atoms with van der Waals surface area (Å²) in [5, 5.41) is 0. The lowest BCUT2D eigenvalue weighted by Gasteiger charge is -2.19. The van der Waals surface area contributed by atoms with Gasteiger partial charge in [0.1, 0.15) is 5.75 Å². The molecule has 1 aromatic carbocycles. The molecule has 1 aromatic rings. The minimum atomic E-state index is -0.810. The van der Waals surface area contributed by atoms with Crippen LogP contribution < -0.4 is 15.6 Å². The van der Waals surface area contributed by atoms with E-state index in [1.807, 2.05) is 26.0 Å². The van der Waals surface area contributed by atoms with E-state index in [1.54, 1.807) is 13.0 Å². The number of nitrogens with one attached hydrogen (secondary N) is 2. The first kappa shape index (κ1) is 21.8. The van der Waals surface area contributed by atoms with Crippen molar-refractivity contribution in [2.24, 2.45) is 11.8 Å². The third-order valence-corrected chi connectivity index (χ3v) is 6.05. The van der Waals surface area contributed by atoms with Crippen LogP contribution in [-0.2, 0) is 19.2 Å². The van der Waals surface area contributed by atoms with Gasteiger partial charge in [-0.25, -0.2) is 0 Å². The fourth-order valence-corrected chi connectivity index (χ4v) is 4.06. The van der Waals surface area contributed by atoms with E-state index in [-0.39, 0.29) is 36.6 Å². The van der Waals surface area contributed by atoms with Crippen LogP contribution >= 0.6 is 0 Å². The molecule has 162 valence electrons. The normalized spacial score (nSPS) is 21.8. The molecule has 2 fully saturated rings. The summed E-state index contributed by atoms with van der Waals surface area (Å²) in [4.78, 5) is 50.4. The molecule has 2 aliphatic rings. The van der Waals surface area contributed by atoms with Gasteiger partial charge in [-0.3, -0.25) is 34.9 Å². The van der Waals surface area contributed by atoms with Gasteiger partial charge in [0.05, 0.1) is 11.8 Å². The van der Waals surface area contributed by atoms with Crippen LogP contribution in [0.25, 0.3) is 0 Å². The molecule has 8 nitrogen and oxygen atoms in total. The smallest absolute Gasteiger partial charge is 0.279 e. The van der Waals surface area contributed by atoms with Crippen molar-refractivity contribution in [3.8, 4) is 5.75 Å². The Hall–Kier alpha value is -2.90. The number of carbonyl (C=O) groups excluding carboxylic acids is 4. The highest BCUT2D eigenvalue weighted by molar-refractivity contribution is 6.05. The molecule has 0 unspecified atom stereocenters. The van der Waals surface area contributed by atoms with Gasteiger partial charge >= 0.3 is 0 Å². The van der Waals surface area contributed by atoms with Crippen LogP contribution in [-0.4, -0.2) is 41.2 Å². The van der Waals surface area contributed by atoms with E-state index >= 15 is 0 Å². The minimum absolute atomic E-state index is 0.0287. The van der Waals surface area contributed by atoms with E-state index in [0.29, 0.717) is 5.75 Å². The number of benzene rings is 1. The Kier molecular flexibility index (Phi) is 6.74. The molecule has 0 bridgehead atoms. The first-order valence-corrected chi connectivity index (χ1v) is 10.5. The molecule has 2 N–H and O–H groups in total. The Labute approximate surface area is 176 Å². The molecule has 1 saturated heterocycles. The Bertz CT molecular complexity index is 829. The molecular formula is C22H29N3O5. The van der Waals surface area contributed by atoms with Crippen molar-refractivity contribution in [3.05, 3.63) is 29.3 Å². The van der Waals surface area contributed by atoms with E-state index in [0.717, 1.165) is 36.8 Å². The third-order valence-electron chi connectivity index (χ3n) is 6.05. The van der Waals surface area contributed by atoms with Crippen LogP contribution in [0.4, 0.5) is 0 Å². The van der Waals surface area contributed by atoms with Crippen molar-refractivity contribution in [2.45, 2.75) is 59.0 Å². The molecule has 3 rings (SSSR count). The Morgan fingerprint density at radius 2 is 1.73 bits per heavy atom. The molecule has 1 saturated carbocycles. The summed E-state index contributed by atoms with van der Waals surface area (Å²) >= 11 is 0. The van der Waals surface area contributed by atoms with Crippen molar-refractivity contribution in [3.63, 3.8) is 0 Å².